The number of nitrogens with zero attached hydrogens (tertiary/aromatic N) is 2. The van der Waals surface area contributed by atoms with Gasteiger partial charge in [0.15, 0.2) is 5.75 Å². The first-order chi connectivity index (χ1) is 12.3. The van der Waals surface area contributed by atoms with E-state index in [-0.39, 0.29) is 27.9 Å². The van der Waals surface area contributed by atoms with Crippen LogP contribution in [0, 0.1) is 10.1 Å². The quantitative estimate of drug-likeness (QED) is 0.252. The topological polar surface area (TPSA) is 119 Å². The highest BCUT2D eigenvalue weighted by Crippen LogP contribution is 2.39. The van der Waals surface area contributed by atoms with Crippen LogP contribution in [-0.4, -0.2) is 51.9 Å². The molecule has 0 unspecified atom stereocenters. The normalized spacial score (nSPS) is 15.5. The average Bonchev–Trinajstić information content (AvgIpc) is 2.87. The Hall–Kier alpha value is -2.66. The Morgan fingerprint density at radius 3 is 2.73 bits per heavy atom. The van der Waals surface area contributed by atoms with Gasteiger partial charge in [-0.3, -0.25) is 24.6 Å². The molecule has 1 aromatic rings. The molecular formula is C15H14N2O7S2. The maximum Gasteiger partial charge on any atom is 0.315 e. The summed E-state index contributed by atoms with van der Waals surface area (Å²) in [6, 6.07) is 2.49. The maximum absolute atomic E-state index is 12.4. The molecule has 138 valence electrons. The lowest BCUT2D eigenvalue weighted by atomic mass is 10.1. The molecule has 1 aliphatic rings. The van der Waals surface area contributed by atoms with Crippen LogP contribution in [0.1, 0.15) is 12.0 Å². The first-order valence-corrected chi connectivity index (χ1v) is 8.38. The fourth-order valence-corrected chi connectivity index (χ4v) is 3.45. The molecule has 1 aliphatic heterocycles. The van der Waals surface area contributed by atoms with E-state index in [1.807, 2.05) is 0 Å². The number of rotatable bonds is 6. The zero-order chi connectivity index (χ0) is 19.4. The van der Waals surface area contributed by atoms with Gasteiger partial charge in [-0.05, 0) is 17.7 Å². The van der Waals surface area contributed by atoms with Crippen molar-refractivity contribution in [1.29, 1.82) is 0 Å². The number of amides is 1. The number of carbonyl (C=O) groups is 2. The van der Waals surface area contributed by atoms with Gasteiger partial charge in [-0.2, -0.15) is 0 Å². The summed E-state index contributed by atoms with van der Waals surface area (Å²) in [7, 11) is 2.51. The number of aromatic hydroxyl groups is 1. The van der Waals surface area contributed by atoms with Crippen LogP contribution >= 0.6 is 24.0 Å². The zero-order valence-electron chi connectivity index (χ0n) is 13.8. The van der Waals surface area contributed by atoms with Crippen LogP contribution in [-0.2, 0) is 14.3 Å². The lowest BCUT2D eigenvalue weighted by Gasteiger charge is -2.13. The maximum atomic E-state index is 12.4. The summed E-state index contributed by atoms with van der Waals surface area (Å²) < 4.78 is 9.73. The number of hydrogen-bond acceptors (Lipinski definition) is 9. The van der Waals surface area contributed by atoms with E-state index in [4.69, 9.17) is 17.0 Å². The van der Waals surface area contributed by atoms with E-state index in [2.05, 4.69) is 4.74 Å². The largest absolute Gasteiger partial charge is 0.500 e. The van der Waals surface area contributed by atoms with E-state index in [0.29, 0.717) is 5.56 Å². The summed E-state index contributed by atoms with van der Waals surface area (Å²) in [5, 5.41) is 20.8. The Balaban J connectivity index is 2.31. The second-order valence-electron chi connectivity index (χ2n) is 5.01. The number of carbonyl (C=O) groups excluding carboxylic acids is 2. The van der Waals surface area contributed by atoms with Crippen molar-refractivity contribution in [1.82, 2.24) is 4.90 Å². The highest BCUT2D eigenvalue weighted by molar-refractivity contribution is 8.26. The average molecular weight is 398 g/mol. The molecule has 1 amide bonds. The monoisotopic (exact) mass is 398 g/mol. The molecule has 1 fully saturated rings. The predicted octanol–water partition coefficient (Wildman–Crippen LogP) is 2.07. The minimum atomic E-state index is -0.753. The molecule has 0 saturated carbocycles. The minimum Gasteiger partial charge on any atom is -0.500 e. The summed E-state index contributed by atoms with van der Waals surface area (Å²) in [6.07, 6.45) is 1.40. The van der Waals surface area contributed by atoms with Gasteiger partial charge in [0.2, 0.25) is 5.75 Å². The van der Waals surface area contributed by atoms with E-state index >= 15 is 0 Å². The Bertz CT molecular complexity index is 822. The highest BCUT2D eigenvalue weighted by atomic mass is 32.2. The molecule has 0 bridgehead atoms. The predicted molar refractivity (Wildman–Crippen MR) is 97.8 cm³/mol. The van der Waals surface area contributed by atoms with Gasteiger partial charge in [0, 0.05) is 12.6 Å². The summed E-state index contributed by atoms with van der Waals surface area (Å²) in [5.74, 6) is -1.58. The number of methoxy groups -OCH3 is 2. The molecule has 26 heavy (non-hydrogen) atoms. The van der Waals surface area contributed by atoms with Crippen LogP contribution in [0.5, 0.6) is 11.5 Å². The smallest absolute Gasteiger partial charge is 0.315 e. The van der Waals surface area contributed by atoms with Crippen molar-refractivity contribution in [3.8, 4) is 11.5 Å². The molecule has 0 aromatic heterocycles. The van der Waals surface area contributed by atoms with Crippen molar-refractivity contribution in [2.75, 3.05) is 20.8 Å². The highest BCUT2D eigenvalue weighted by Gasteiger charge is 2.32. The zero-order valence-corrected chi connectivity index (χ0v) is 15.4. The van der Waals surface area contributed by atoms with Gasteiger partial charge in [-0.1, -0.05) is 24.0 Å². The summed E-state index contributed by atoms with van der Waals surface area (Å²) in [5.41, 5.74) is -0.253. The number of phenolic OH excluding ortho intramolecular Hbond substituents is 1. The molecule has 0 atom stereocenters. The van der Waals surface area contributed by atoms with E-state index in [1.54, 1.807) is 0 Å². The standard InChI is InChI=1S/C15H14N2O7S2/c1-23-10-6-8(5-9(13(10)19)17(21)22)7-11-14(20)16(15(25)26-11)4-3-12(18)24-2/h5-7,19H,3-4H2,1-2H3/b11-7-. The van der Waals surface area contributed by atoms with Crippen LogP contribution < -0.4 is 4.74 Å². The third-order valence-corrected chi connectivity index (χ3v) is 4.81. The van der Waals surface area contributed by atoms with Crippen LogP contribution in [0.15, 0.2) is 17.0 Å². The number of hydrogen-bond donors (Lipinski definition) is 1. The number of nitro benzene ring substituents is 1. The number of esters is 1. The van der Waals surface area contributed by atoms with Crippen molar-refractivity contribution in [2.24, 2.45) is 0 Å². The summed E-state index contributed by atoms with van der Waals surface area (Å²) >= 11 is 6.15. The first kappa shape index (κ1) is 19.7. The summed E-state index contributed by atoms with van der Waals surface area (Å²) in [4.78, 5) is 35.5. The van der Waals surface area contributed by atoms with E-state index < -0.39 is 28.2 Å². The van der Waals surface area contributed by atoms with Crippen LogP contribution in [0.4, 0.5) is 5.69 Å². The van der Waals surface area contributed by atoms with Gasteiger partial charge in [-0.15, -0.1) is 0 Å². The Morgan fingerprint density at radius 2 is 2.15 bits per heavy atom. The van der Waals surface area contributed by atoms with Gasteiger partial charge in [0.25, 0.3) is 5.91 Å². The third kappa shape index (κ3) is 4.11. The number of thiocarbonyl (C=S) groups is 1. The van der Waals surface area contributed by atoms with Crippen molar-refractivity contribution >= 4 is 51.9 Å². The molecule has 2 rings (SSSR count). The SMILES string of the molecule is COC(=O)CCN1C(=O)/C(=C/c2cc(OC)c(O)c([N+](=O)[O-])c2)SC1=S. The van der Waals surface area contributed by atoms with Gasteiger partial charge >= 0.3 is 11.7 Å². The summed E-state index contributed by atoms with van der Waals surface area (Å²) in [6.45, 7) is 0.0771. The fourth-order valence-electron chi connectivity index (χ4n) is 2.14. The Morgan fingerprint density at radius 1 is 1.46 bits per heavy atom. The van der Waals surface area contributed by atoms with Gasteiger partial charge in [0.05, 0.1) is 30.5 Å². The second kappa shape index (κ2) is 8.15. The van der Waals surface area contributed by atoms with Gasteiger partial charge in [-0.25, -0.2) is 0 Å². The first-order valence-electron chi connectivity index (χ1n) is 7.16. The second-order valence-corrected chi connectivity index (χ2v) is 6.68. The Kier molecular flexibility index (Phi) is 6.16. The van der Waals surface area contributed by atoms with Crippen molar-refractivity contribution in [3.05, 3.63) is 32.7 Å². The number of nitro groups is 1. The van der Waals surface area contributed by atoms with Crippen LogP contribution in [0.25, 0.3) is 6.08 Å². The number of phenols is 1. The molecule has 11 heteroatoms. The molecule has 9 nitrogen and oxygen atoms in total. The van der Waals surface area contributed by atoms with E-state index in [1.165, 1.54) is 31.3 Å². The molecule has 1 heterocycles. The van der Waals surface area contributed by atoms with Gasteiger partial charge < -0.3 is 14.6 Å². The number of ether oxygens (including phenoxy) is 2. The molecular weight excluding hydrogens is 384 g/mol. The molecule has 0 radical (unpaired) electrons. The van der Waals surface area contributed by atoms with E-state index in [9.17, 15) is 24.8 Å². The number of thioether (sulfide) groups is 1. The molecule has 0 aliphatic carbocycles. The van der Waals surface area contributed by atoms with E-state index in [0.717, 1.165) is 17.8 Å². The minimum absolute atomic E-state index is 0.00523. The van der Waals surface area contributed by atoms with Crippen molar-refractivity contribution in [3.63, 3.8) is 0 Å². The van der Waals surface area contributed by atoms with Crippen LogP contribution in [0.2, 0.25) is 0 Å². The van der Waals surface area contributed by atoms with Crippen molar-refractivity contribution in [2.45, 2.75) is 6.42 Å². The lowest BCUT2D eigenvalue weighted by molar-refractivity contribution is -0.386. The molecule has 1 aromatic carbocycles. The van der Waals surface area contributed by atoms with Crippen LogP contribution in [0.3, 0.4) is 0 Å². The van der Waals surface area contributed by atoms with Crippen molar-refractivity contribution < 1.29 is 29.1 Å². The Labute approximate surface area is 157 Å². The number of benzene rings is 1. The molecule has 1 N–H and O–H groups in total. The van der Waals surface area contributed by atoms with Gasteiger partial charge in [0.1, 0.15) is 4.32 Å². The molecule has 0 spiro atoms. The third-order valence-electron chi connectivity index (χ3n) is 3.43. The fraction of sp³-hybridized carbons (Fsp3) is 0.267. The lowest BCUT2D eigenvalue weighted by Crippen LogP contribution is -2.30. The molecule has 1 saturated heterocycles.